The summed E-state index contributed by atoms with van der Waals surface area (Å²) < 4.78 is 30.8. The molecule has 6 nitrogen and oxygen atoms in total. The van der Waals surface area contributed by atoms with Crippen LogP contribution < -0.4 is 0 Å². The summed E-state index contributed by atoms with van der Waals surface area (Å²) >= 11 is 0. The number of nitro benzene ring substituents is 1. The molecule has 7 heteroatoms. The summed E-state index contributed by atoms with van der Waals surface area (Å²) in [5.74, 6) is 1.99. The summed E-state index contributed by atoms with van der Waals surface area (Å²) in [6.45, 7) is 0. The van der Waals surface area contributed by atoms with Gasteiger partial charge in [-0.2, -0.15) is 8.42 Å². The van der Waals surface area contributed by atoms with Crippen LogP contribution >= 0.6 is 0 Å². The predicted octanol–water partition coefficient (Wildman–Crippen LogP) is 3.12. The highest BCUT2D eigenvalue weighted by Crippen LogP contribution is 2.55. The SMILES string of the molecule is O=[N+]([O-])c1ccccc1S(=O)(=O)OC1C2CC3CC(C2)CC1C3. The van der Waals surface area contributed by atoms with Gasteiger partial charge in [-0.25, -0.2) is 0 Å². The molecule has 23 heavy (non-hydrogen) atoms. The second-order valence-corrected chi connectivity index (χ2v) is 8.71. The van der Waals surface area contributed by atoms with Gasteiger partial charge >= 0.3 is 10.1 Å². The van der Waals surface area contributed by atoms with E-state index in [2.05, 4.69) is 0 Å². The fourth-order valence-electron chi connectivity index (χ4n) is 5.05. The number of hydrogen-bond donors (Lipinski definition) is 0. The zero-order valence-corrected chi connectivity index (χ0v) is 13.4. The van der Waals surface area contributed by atoms with Crippen molar-refractivity contribution in [1.29, 1.82) is 0 Å². The molecule has 1 aromatic rings. The maximum Gasteiger partial charge on any atom is 0.304 e. The fourth-order valence-corrected chi connectivity index (χ4v) is 6.40. The molecule has 5 rings (SSSR count). The maximum absolute atomic E-state index is 12.6. The Morgan fingerprint density at radius 3 is 2.13 bits per heavy atom. The minimum atomic E-state index is -4.12. The van der Waals surface area contributed by atoms with E-state index in [0.717, 1.165) is 25.7 Å². The highest BCUT2D eigenvalue weighted by atomic mass is 32.2. The average Bonchev–Trinajstić information content (AvgIpc) is 2.50. The number of hydrogen-bond acceptors (Lipinski definition) is 5. The lowest BCUT2D eigenvalue weighted by atomic mass is 9.55. The first-order valence-corrected chi connectivity index (χ1v) is 9.51. The Hall–Kier alpha value is -1.47. The molecule has 4 fully saturated rings. The molecule has 0 amide bonds. The summed E-state index contributed by atoms with van der Waals surface area (Å²) in [4.78, 5) is 10.1. The number of benzene rings is 1. The van der Waals surface area contributed by atoms with Crippen molar-refractivity contribution in [1.82, 2.24) is 0 Å². The monoisotopic (exact) mass is 337 g/mol. The maximum atomic E-state index is 12.6. The van der Waals surface area contributed by atoms with Crippen LogP contribution in [0.25, 0.3) is 0 Å². The Balaban J connectivity index is 1.62. The van der Waals surface area contributed by atoms with E-state index in [1.165, 1.54) is 30.7 Å². The highest BCUT2D eigenvalue weighted by molar-refractivity contribution is 7.87. The zero-order valence-electron chi connectivity index (χ0n) is 12.6. The van der Waals surface area contributed by atoms with Gasteiger partial charge in [0, 0.05) is 6.07 Å². The first-order chi connectivity index (χ1) is 10.9. The minimum absolute atomic E-state index is 0.281. The molecule has 0 aromatic heterocycles. The highest BCUT2D eigenvalue weighted by Gasteiger charge is 2.50. The van der Waals surface area contributed by atoms with Crippen molar-refractivity contribution in [3.8, 4) is 0 Å². The smallest absolute Gasteiger partial charge is 0.262 e. The second kappa shape index (κ2) is 5.27. The molecular weight excluding hydrogens is 318 g/mol. The molecule has 0 atom stereocenters. The van der Waals surface area contributed by atoms with Crippen molar-refractivity contribution in [2.75, 3.05) is 0 Å². The largest absolute Gasteiger partial charge is 0.304 e. The van der Waals surface area contributed by atoms with Gasteiger partial charge in [0.25, 0.3) is 5.69 Å². The normalized spacial score (nSPS) is 35.4. The van der Waals surface area contributed by atoms with Crippen LogP contribution in [0, 0.1) is 33.8 Å². The number of nitrogens with zero attached hydrogens (tertiary/aromatic N) is 1. The van der Waals surface area contributed by atoms with E-state index in [0.29, 0.717) is 11.8 Å². The molecule has 1 aromatic carbocycles. The molecule has 4 saturated carbocycles. The van der Waals surface area contributed by atoms with Crippen molar-refractivity contribution in [2.24, 2.45) is 23.7 Å². The average molecular weight is 337 g/mol. The second-order valence-electron chi connectivity index (χ2n) is 7.17. The van der Waals surface area contributed by atoms with E-state index in [1.54, 1.807) is 0 Å². The van der Waals surface area contributed by atoms with Gasteiger partial charge in [0.05, 0.1) is 11.0 Å². The van der Waals surface area contributed by atoms with Gasteiger partial charge in [0.15, 0.2) is 4.90 Å². The fraction of sp³-hybridized carbons (Fsp3) is 0.625. The van der Waals surface area contributed by atoms with E-state index in [1.807, 2.05) is 0 Å². The van der Waals surface area contributed by atoms with Gasteiger partial charge in [-0.05, 0) is 61.8 Å². The molecule has 0 aliphatic heterocycles. The zero-order chi connectivity index (χ0) is 16.2. The number of nitro groups is 1. The van der Waals surface area contributed by atoms with Crippen molar-refractivity contribution in [3.05, 3.63) is 34.4 Å². The lowest BCUT2D eigenvalue weighted by Crippen LogP contribution is -2.50. The Bertz CT molecular complexity index is 717. The summed E-state index contributed by atoms with van der Waals surface area (Å²) in [6.07, 6.45) is 5.09. The summed E-state index contributed by atoms with van der Waals surface area (Å²) in [7, 11) is -4.12. The third-order valence-electron chi connectivity index (χ3n) is 5.71. The molecule has 4 bridgehead atoms. The lowest BCUT2D eigenvalue weighted by molar-refractivity contribution is -0.387. The Morgan fingerprint density at radius 2 is 1.57 bits per heavy atom. The predicted molar refractivity (Wildman–Crippen MR) is 82.2 cm³/mol. The van der Waals surface area contributed by atoms with Crippen LogP contribution in [0.1, 0.15) is 32.1 Å². The van der Waals surface area contributed by atoms with Crippen molar-refractivity contribution in [2.45, 2.75) is 43.1 Å². The molecule has 0 spiro atoms. The van der Waals surface area contributed by atoms with Crippen LogP contribution in [0.5, 0.6) is 0 Å². The molecule has 0 unspecified atom stereocenters. The summed E-state index contributed by atoms with van der Waals surface area (Å²) in [5, 5.41) is 11.1. The topological polar surface area (TPSA) is 86.5 Å². The number of para-hydroxylation sites is 1. The van der Waals surface area contributed by atoms with Gasteiger partial charge < -0.3 is 0 Å². The van der Waals surface area contributed by atoms with Crippen molar-refractivity contribution >= 4 is 15.8 Å². The van der Waals surface area contributed by atoms with Gasteiger partial charge in [-0.15, -0.1) is 0 Å². The third-order valence-corrected chi connectivity index (χ3v) is 7.07. The Kier molecular flexibility index (Phi) is 3.46. The number of rotatable bonds is 4. The van der Waals surface area contributed by atoms with Gasteiger partial charge in [0.2, 0.25) is 0 Å². The quantitative estimate of drug-likeness (QED) is 0.478. The Morgan fingerprint density at radius 1 is 1.00 bits per heavy atom. The van der Waals surface area contributed by atoms with E-state index >= 15 is 0 Å². The van der Waals surface area contributed by atoms with Crippen LogP contribution in [-0.4, -0.2) is 19.4 Å². The van der Waals surface area contributed by atoms with E-state index in [4.69, 9.17) is 4.18 Å². The molecule has 0 heterocycles. The lowest BCUT2D eigenvalue weighted by Gasteiger charge is -2.53. The molecule has 4 aliphatic rings. The first kappa shape index (κ1) is 15.1. The molecule has 0 saturated heterocycles. The van der Waals surface area contributed by atoms with Crippen LogP contribution in [0.2, 0.25) is 0 Å². The van der Waals surface area contributed by atoms with E-state index < -0.39 is 20.7 Å². The summed E-state index contributed by atoms with van der Waals surface area (Å²) in [5.41, 5.74) is -0.420. The molecule has 0 radical (unpaired) electrons. The summed E-state index contributed by atoms with van der Waals surface area (Å²) in [6, 6.07) is 5.40. The van der Waals surface area contributed by atoms with Crippen LogP contribution in [0.15, 0.2) is 29.2 Å². The van der Waals surface area contributed by atoms with Crippen LogP contribution in [-0.2, 0) is 14.3 Å². The standard InChI is InChI=1S/C16H19NO5S/c18-17(19)14-3-1-2-4-15(14)23(20,21)22-16-12-6-10-5-11(8-12)9-13(16)7-10/h1-4,10-13,16H,5-9H2. The van der Waals surface area contributed by atoms with Crippen molar-refractivity contribution < 1.29 is 17.5 Å². The molecule has 4 aliphatic carbocycles. The third kappa shape index (κ3) is 2.55. The van der Waals surface area contributed by atoms with E-state index in [9.17, 15) is 18.5 Å². The van der Waals surface area contributed by atoms with Gasteiger partial charge in [-0.1, -0.05) is 12.1 Å². The van der Waals surface area contributed by atoms with Gasteiger partial charge in [0.1, 0.15) is 0 Å². The van der Waals surface area contributed by atoms with Crippen LogP contribution in [0.3, 0.4) is 0 Å². The first-order valence-electron chi connectivity index (χ1n) is 8.11. The molecular formula is C16H19NO5S. The minimum Gasteiger partial charge on any atom is -0.262 e. The van der Waals surface area contributed by atoms with E-state index in [-0.39, 0.29) is 22.8 Å². The van der Waals surface area contributed by atoms with Crippen molar-refractivity contribution in [3.63, 3.8) is 0 Å². The molecule has 0 N–H and O–H groups in total. The van der Waals surface area contributed by atoms with Crippen LogP contribution in [0.4, 0.5) is 5.69 Å². The Labute approximate surface area is 135 Å². The van der Waals surface area contributed by atoms with Gasteiger partial charge in [-0.3, -0.25) is 14.3 Å². The molecule has 124 valence electrons.